The number of aromatic hydroxyl groups is 1. The largest absolute Gasteiger partial charge is 0.507 e. The third-order valence-electron chi connectivity index (χ3n) is 4.65. The zero-order valence-electron chi connectivity index (χ0n) is 15.1. The Morgan fingerprint density at radius 3 is 2.50 bits per heavy atom. The van der Waals surface area contributed by atoms with Crippen molar-refractivity contribution in [1.82, 2.24) is 5.01 Å². The van der Waals surface area contributed by atoms with Crippen molar-refractivity contribution in [2.45, 2.75) is 13.1 Å². The van der Waals surface area contributed by atoms with E-state index in [1.807, 2.05) is 42.5 Å². The Kier molecular flexibility index (Phi) is 4.75. The van der Waals surface area contributed by atoms with Crippen LogP contribution in [0.4, 0.5) is 5.69 Å². The number of hydrogen-bond donors (Lipinski definition) is 2. The number of carbonyl (C=O) groups excluding carboxylic acids is 1. The summed E-state index contributed by atoms with van der Waals surface area (Å²) in [5, 5.41) is 20.0. The normalized spacial score (nSPS) is 16.5. The Bertz CT molecular complexity index is 1080. The molecule has 0 bridgehead atoms. The smallest absolute Gasteiger partial charge is 0.278 e. The lowest BCUT2D eigenvalue weighted by atomic mass is 10.0. The second-order valence-corrected chi connectivity index (χ2v) is 6.87. The number of hydrogen-bond acceptors (Lipinski definition) is 4. The quantitative estimate of drug-likeness (QED) is 0.615. The molecular weight excluding hydrogens is 374 g/mol. The molecule has 3 aromatic carbocycles. The van der Waals surface area contributed by atoms with Crippen LogP contribution in [0.25, 0.3) is 0 Å². The molecule has 1 unspecified atom stereocenters. The molecule has 6 heteroatoms. The van der Waals surface area contributed by atoms with Crippen LogP contribution in [0.3, 0.4) is 0 Å². The summed E-state index contributed by atoms with van der Waals surface area (Å²) >= 11 is 6.41. The molecule has 2 N–H and O–H groups in total. The number of halogens is 1. The summed E-state index contributed by atoms with van der Waals surface area (Å²) in [6.45, 7) is 1.76. The first kappa shape index (κ1) is 18.1. The first-order valence-electron chi connectivity index (χ1n) is 8.83. The summed E-state index contributed by atoms with van der Waals surface area (Å²) in [6, 6.07) is 21.5. The number of amides is 1. The molecule has 0 saturated carbocycles. The third kappa shape index (κ3) is 3.21. The predicted octanol–water partition coefficient (Wildman–Crippen LogP) is 5.04. The maximum absolute atomic E-state index is 13.2. The van der Waals surface area contributed by atoms with Gasteiger partial charge in [0.2, 0.25) is 0 Å². The number of fused-ring (bicyclic) bond motifs is 1. The van der Waals surface area contributed by atoms with Crippen molar-refractivity contribution in [2.75, 3.05) is 5.32 Å². The third-order valence-corrected chi connectivity index (χ3v) is 5.00. The van der Waals surface area contributed by atoms with Crippen molar-refractivity contribution in [3.05, 3.63) is 94.5 Å². The van der Waals surface area contributed by atoms with Gasteiger partial charge in [0.05, 0.1) is 11.3 Å². The van der Waals surface area contributed by atoms with E-state index in [9.17, 15) is 9.90 Å². The van der Waals surface area contributed by atoms with Crippen LogP contribution in [0, 0.1) is 0 Å². The van der Waals surface area contributed by atoms with Gasteiger partial charge in [-0.1, -0.05) is 54.1 Å². The molecule has 1 heterocycles. The van der Waals surface area contributed by atoms with Crippen molar-refractivity contribution >= 4 is 28.9 Å². The van der Waals surface area contributed by atoms with Gasteiger partial charge in [0.15, 0.2) is 6.17 Å². The van der Waals surface area contributed by atoms with E-state index < -0.39 is 6.17 Å². The predicted molar refractivity (Wildman–Crippen MR) is 111 cm³/mol. The standard InChI is InChI=1S/C22H18ClN3O2/c1-14(15-8-4-7-13-20(15)27)25-26-21(16-9-2-5-11-18(16)23)24-19-12-6-3-10-17(19)22(26)28/h2-13,21,24,27H,1H3/b25-14+. The molecule has 1 amide bonds. The van der Waals surface area contributed by atoms with E-state index in [0.29, 0.717) is 21.9 Å². The first-order chi connectivity index (χ1) is 13.6. The number of phenolic OH excluding ortho intramolecular Hbond substituents is 1. The maximum Gasteiger partial charge on any atom is 0.278 e. The van der Waals surface area contributed by atoms with Gasteiger partial charge in [-0.3, -0.25) is 4.79 Å². The van der Waals surface area contributed by atoms with E-state index in [0.717, 1.165) is 11.3 Å². The Morgan fingerprint density at radius 2 is 1.71 bits per heavy atom. The van der Waals surface area contributed by atoms with Crippen LogP contribution in [0.15, 0.2) is 77.9 Å². The highest BCUT2D eigenvalue weighted by molar-refractivity contribution is 6.31. The van der Waals surface area contributed by atoms with Crippen LogP contribution in [0.5, 0.6) is 5.75 Å². The summed E-state index contributed by atoms with van der Waals surface area (Å²) < 4.78 is 0. The monoisotopic (exact) mass is 391 g/mol. The number of rotatable bonds is 3. The molecule has 28 heavy (non-hydrogen) atoms. The lowest BCUT2D eigenvalue weighted by Gasteiger charge is -2.35. The average Bonchev–Trinajstić information content (AvgIpc) is 2.71. The summed E-state index contributed by atoms with van der Waals surface area (Å²) in [7, 11) is 0. The lowest BCUT2D eigenvalue weighted by molar-refractivity contribution is 0.0690. The minimum atomic E-state index is -0.572. The number of benzene rings is 3. The zero-order chi connectivity index (χ0) is 19.7. The fourth-order valence-electron chi connectivity index (χ4n) is 3.25. The van der Waals surface area contributed by atoms with E-state index in [1.165, 1.54) is 5.01 Å². The first-order valence-corrected chi connectivity index (χ1v) is 9.21. The van der Waals surface area contributed by atoms with E-state index in [4.69, 9.17) is 11.6 Å². The highest BCUT2D eigenvalue weighted by Crippen LogP contribution is 2.36. The van der Waals surface area contributed by atoms with Crippen molar-refractivity contribution in [1.29, 1.82) is 0 Å². The molecule has 0 fully saturated rings. The summed E-state index contributed by atoms with van der Waals surface area (Å²) in [6.07, 6.45) is -0.572. The van der Waals surface area contributed by atoms with E-state index in [1.54, 1.807) is 37.3 Å². The van der Waals surface area contributed by atoms with Crippen molar-refractivity contribution in [3.63, 3.8) is 0 Å². The number of hydrazone groups is 1. The van der Waals surface area contributed by atoms with Crippen LogP contribution in [-0.4, -0.2) is 21.7 Å². The molecule has 4 rings (SSSR count). The zero-order valence-corrected chi connectivity index (χ0v) is 15.9. The van der Waals surface area contributed by atoms with Gasteiger partial charge >= 0.3 is 0 Å². The number of carbonyl (C=O) groups is 1. The molecule has 1 aliphatic heterocycles. The van der Waals surface area contributed by atoms with Gasteiger partial charge in [-0.05, 0) is 37.3 Å². The molecule has 0 aliphatic carbocycles. The second-order valence-electron chi connectivity index (χ2n) is 6.47. The Morgan fingerprint density at radius 1 is 1.04 bits per heavy atom. The van der Waals surface area contributed by atoms with Gasteiger partial charge in [0, 0.05) is 21.8 Å². The Labute approximate surface area is 167 Å². The molecular formula is C22H18ClN3O2. The lowest BCUT2D eigenvalue weighted by Crippen LogP contribution is -2.40. The molecule has 1 aliphatic rings. The van der Waals surface area contributed by atoms with Gasteiger partial charge in [-0.15, -0.1) is 0 Å². The highest BCUT2D eigenvalue weighted by Gasteiger charge is 2.34. The molecule has 5 nitrogen and oxygen atoms in total. The van der Waals surface area contributed by atoms with Crippen LogP contribution in [0.1, 0.15) is 34.6 Å². The fourth-order valence-corrected chi connectivity index (χ4v) is 3.49. The number of para-hydroxylation sites is 2. The van der Waals surface area contributed by atoms with Gasteiger partial charge in [-0.2, -0.15) is 5.10 Å². The number of anilines is 1. The minimum absolute atomic E-state index is 0.107. The van der Waals surface area contributed by atoms with Gasteiger partial charge < -0.3 is 10.4 Å². The minimum Gasteiger partial charge on any atom is -0.507 e. The topological polar surface area (TPSA) is 64.9 Å². The molecule has 0 spiro atoms. The Balaban J connectivity index is 1.84. The van der Waals surface area contributed by atoms with E-state index in [2.05, 4.69) is 10.4 Å². The molecule has 0 radical (unpaired) electrons. The summed E-state index contributed by atoms with van der Waals surface area (Å²) in [4.78, 5) is 13.2. The summed E-state index contributed by atoms with van der Waals surface area (Å²) in [5.41, 5.74) is 3.07. The molecule has 140 valence electrons. The van der Waals surface area contributed by atoms with Crippen LogP contribution >= 0.6 is 11.6 Å². The molecule has 3 aromatic rings. The van der Waals surface area contributed by atoms with Gasteiger partial charge in [0.25, 0.3) is 5.91 Å². The van der Waals surface area contributed by atoms with Crippen molar-refractivity contribution in [3.8, 4) is 5.75 Å². The van der Waals surface area contributed by atoms with E-state index >= 15 is 0 Å². The van der Waals surface area contributed by atoms with Crippen molar-refractivity contribution < 1.29 is 9.90 Å². The Hall–Kier alpha value is -3.31. The second kappa shape index (κ2) is 7.37. The summed E-state index contributed by atoms with van der Waals surface area (Å²) in [5.74, 6) is -0.134. The van der Waals surface area contributed by atoms with Gasteiger partial charge in [0.1, 0.15) is 5.75 Å². The van der Waals surface area contributed by atoms with Crippen LogP contribution < -0.4 is 5.32 Å². The number of phenols is 1. The van der Waals surface area contributed by atoms with E-state index in [-0.39, 0.29) is 11.7 Å². The van der Waals surface area contributed by atoms with Crippen LogP contribution in [0.2, 0.25) is 5.02 Å². The molecule has 0 aromatic heterocycles. The maximum atomic E-state index is 13.2. The average molecular weight is 392 g/mol. The number of nitrogens with one attached hydrogen (secondary N) is 1. The number of nitrogens with zero attached hydrogens (tertiary/aromatic N) is 2. The fraction of sp³-hybridized carbons (Fsp3) is 0.0909. The van der Waals surface area contributed by atoms with Crippen molar-refractivity contribution in [2.24, 2.45) is 5.10 Å². The highest BCUT2D eigenvalue weighted by atomic mass is 35.5. The SMILES string of the molecule is C/C(=N\N1C(=O)c2ccccc2NC1c1ccccc1Cl)c1ccccc1O. The van der Waals surface area contributed by atoms with Gasteiger partial charge in [-0.25, -0.2) is 5.01 Å². The molecule has 1 atom stereocenters. The van der Waals surface area contributed by atoms with Crippen LogP contribution in [-0.2, 0) is 0 Å². The molecule has 0 saturated heterocycles.